The molecule has 0 bridgehead atoms. The molecule has 0 unspecified atom stereocenters. The molecule has 0 spiro atoms. The molecule has 0 aliphatic rings. The highest BCUT2D eigenvalue weighted by molar-refractivity contribution is 6.30. The topological polar surface area (TPSA) is 29.5 Å². The second-order valence-corrected chi connectivity index (χ2v) is 4.51. The summed E-state index contributed by atoms with van der Waals surface area (Å²) in [6.45, 7) is 0.650. The first-order valence-electron chi connectivity index (χ1n) is 5.90. The summed E-state index contributed by atoms with van der Waals surface area (Å²) in [6.07, 6.45) is 1.87. The Morgan fingerprint density at radius 1 is 1.06 bits per heavy atom. The van der Waals surface area contributed by atoms with E-state index in [1.54, 1.807) is 24.3 Å². The van der Waals surface area contributed by atoms with Crippen molar-refractivity contribution in [1.82, 2.24) is 0 Å². The average molecular weight is 263 g/mol. The number of hydrogen-bond acceptors (Lipinski definition) is 2. The normalized spacial score (nSPS) is 10.3. The van der Waals surface area contributed by atoms with Gasteiger partial charge in [-0.15, -0.1) is 0 Å². The van der Waals surface area contributed by atoms with Gasteiger partial charge in [-0.3, -0.25) is 0 Å². The highest BCUT2D eigenvalue weighted by Crippen LogP contribution is 2.16. The largest absolute Gasteiger partial charge is 0.508 e. The lowest BCUT2D eigenvalue weighted by Gasteiger charge is -2.06. The minimum absolute atomic E-state index is 0.251. The number of ether oxygens (including phenoxy) is 1. The lowest BCUT2D eigenvalue weighted by Crippen LogP contribution is -1.99. The summed E-state index contributed by atoms with van der Waals surface area (Å²) in [7, 11) is 0. The van der Waals surface area contributed by atoms with Crippen LogP contribution < -0.4 is 4.74 Å². The van der Waals surface area contributed by atoms with Gasteiger partial charge in [-0.1, -0.05) is 23.7 Å². The molecule has 0 atom stereocenters. The molecule has 2 aromatic carbocycles. The van der Waals surface area contributed by atoms with Crippen LogP contribution >= 0.6 is 11.6 Å². The quantitative estimate of drug-likeness (QED) is 0.824. The molecule has 0 aliphatic heterocycles. The molecule has 0 aromatic heterocycles. The van der Waals surface area contributed by atoms with Gasteiger partial charge in [-0.05, 0) is 54.8 Å². The predicted molar refractivity (Wildman–Crippen MR) is 73.4 cm³/mol. The van der Waals surface area contributed by atoms with E-state index < -0.39 is 0 Å². The standard InChI is InChI=1S/C15H15ClO2/c16-13-5-1-3-12(11-13)4-2-10-18-15-8-6-14(17)7-9-15/h1,3,5-9,11,17H,2,4,10H2. The van der Waals surface area contributed by atoms with Crippen LogP contribution in [0.2, 0.25) is 5.02 Å². The highest BCUT2D eigenvalue weighted by atomic mass is 35.5. The Bertz CT molecular complexity index is 494. The van der Waals surface area contributed by atoms with Gasteiger partial charge in [0.25, 0.3) is 0 Å². The molecule has 0 heterocycles. The molecule has 0 fully saturated rings. The van der Waals surface area contributed by atoms with E-state index in [1.165, 1.54) is 5.56 Å². The van der Waals surface area contributed by atoms with Gasteiger partial charge in [0.05, 0.1) is 6.61 Å². The molecule has 18 heavy (non-hydrogen) atoms. The zero-order chi connectivity index (χ0) is 12.8. The maximum atomic E-state index is 9.13. The summed E-state index contributed by atoms with van der Waals surface area (Å²) in [5.41, 5.74) is 1.22. The first-order chi connectivity index (χ1) is 8.74. The van der Waals surface area contributed by atoms with Crippen molar-refractivity contribution in [2.75, 3.05) is 6.61 Å². The Balaban J connectivity index is 1.74. The molecule has 1 N–H and O–H groups in total. The summed E-state index contributed by atoms with van der Waals surface area (Å²) < 4.78 is 5.57. The van der Waals surface area contributed by atoms with Gasteiger partial charge in [0.2, 0.25) is 0 Å². The monoisotopic (exact) mass is 262 g/mol. The molecule has 3 heteroatoms. The van der Waals surface area contributed by atoms with Crippen LogP contribution in [0.3, 0.4) is 0 Å². The van der Waals surface area contributed by atoms with E-state index in [4.69, 9.17) is 21.4 Å². The van der Waals surface area contributed by atoms with Crippen molar-refractivity contribution in [3.8, 4) is 11.5 Å². The molecule has 0 saturated carbocycles. The van der Waals surface area contributed by atoms with Gasteiger partial charge in [0.15, 0.2) is 0 Å². The van der Waals surface area contributed by atoms with Gasteiger partial charge >= 0.3 is 0 Å². The molecule has 2 nitrogen and oxygen atoms in total. The first kappa shape index (κ1) is 12.8. The molecule has 0 saturated heterocycles. The first-order valence-corrected chi connectivity index (χ1v) is 6.28. The minimum atomic E-state index is 0.251. The van der Waals surface area contributed by atoms with E-state index in [0.29, 0.717) is 6.61 Å². The summed E-state index contributed by atoms with van der Waals surface area (Å²) in [5.74, 6) is 1.03. The maximum absolute atomic E-state index is 9.13. The van der Waals surface area contributed by atoms with E-state index in [2.05, 4.69) is 6.07 Å². The van der Waals surface area contributed by atoms with Gasteiger partial charge in [-0.2, -0.15) is 0 Å². The van der Waals surface area contributed by atoms with Crippen LogP contribution in [0.5, 0.6) is 11.5 Å². The van der Waals surface area contributed by atoms with Gasteiger partial charge in [0, 0.05) is 5.02 Å². The minimum Gasteiger partial charge on any atom is -0.508 e. The van der Waals surface area contributed by atoms with Crippen molar-refractivity contribution in [2.24, 2.45) is 0 Å². The Kier molecular flexibility index (Phi) is 4.48. The van der Waals surface area contributed by atoms with Gasteiger partial charge < -0.3 is 9.84 Å². The molecule has 0 amide bonds. The fourth-order valence-electron chi connectivity index (χ4n) is 1.70. The fraction of sp³-hybridized carbons (Fsp3) is 0.200. The molecular formula is C15H15ClO2. The lowest BCUT2D eigenvalue weighted by atomic mass is 10.1. The van der Waals surface area contributed by atoms with E-state index in [9.17, 15) is 0 Å². The van der Waals surface area contributed by atoms with Crippen molar-refractivity contribution in [3.05, 3.63) is 59.1 Å². The summed E-state index contributed by atoms with van der Waals surface area (Å²) in [6, 6.07) is 14.6. The average Bonchev–Trinajstić information content (AvgIpc) is 2.37. The van der Waals surface area contributed by atoms with Crippen LogP contribution in [0, 0.1) is 0 Å². The van der Waals surface area contributed by atoms with Crippen LogP contribution in [0.25, 0.3) is 0 Å². The summed E-state index contributed by atoms with van der Waals surface area (Å²) in [5, 5.41) is 9.91. The van der Waals surface area contributed by atoms with E-state index >= 15 is 0 Å². The number of rotatable bonds is 5. The number of aromatic hydroxyl groups is 1. The van der Waals surface area contributed by atoms with E-state index in [0.717, 1.165) is 23.6 Å². The Morgan fingerprint density at radius 3 is 2.56 bits per heavy atom. The van der Waals surface area contributed by atoms with Crippen LogP contribution in [0.1, 0.15) is 12.0 Å². The van der Waals surface area contributed by atoms with E-state index in [1.807, 2.05) is 18.2 Å². The number of phenolic OH excluding ortho intramolecular Hbond substituents is 1. The molecule has 2 rings (SSSR count). The number of benzene rings is 2. The van der Waals surface area contributed by atoms with E-state index in [-0.39, 0.29) is 5.75 Å². The predicted octanol–water partition coefficient (Wildman–Crippen LogP) is 4.06. The van der Waals surface area contributed by atoms with Crippen molar-refractivity contribution in [3.63, 3.8) is 0 Å². The van der Waals surface area contributed by atoms with Crippen LogP contribution in [0.4, 0.5) is 0 Å². The second kappa shape index (κ2) is 6.31. The third-order valence-electron chi connectivity index (χ3n) is 2.60. The Labute approximate surface area is 112 Å². The van der Waals surface area contributed by atoms with Crippen molar-refractivity contribution in [2.45, 2.75) is 12.8 Å². The smallest absolute Gasteiger partial charge is 0.119 e. The molecule has 0 aliphatic carbocycles. The van der Waals surface area contributed by atoms with Crippen molar-refractivity contribution in [1.29, 1.82) is 0 Å². The lowest BCUT2D eigenvalue weighted by molar-refractivity contribution is 0.310. The van der Waals surface area contributed by atoms with Crippen molar-refractivity contribution >= 4 is 11.6 Å². The Morgan fingerprint density at radius 2 is 1.83 bits per heavy atom. The van der Waals surface area contributed by atoms with Gasteiger partial charge in [0.1, 0.15) is 11.5 Å². The third kappa shape index (κ3) is 3.97. The van der Waals surface area contributed by atoms with Crippen molar-refractivity contribution < 1.29 is 9.84 Å². The number of halogens is 1. The summed E-state index contributed by atoms with van der Waals surface area (Å²) in [4.78, 5) is 0. The maximum Gasteiger partial charge on any atom is 0.119 e. The molecule has 94 valence electrons. The number of aryl methyl sites for hydroxylation is 1. The zero-order valence-corrected chi connectivity index (χ0v) is 10.7. The SMILES string of the molecule is Oc1ccc(OCCCc2cccc(Cl)c2)cc1. The Hall–Kier alpha value is -1.67. The number of phenols is 1. The third-order valence-corrected chi connectivity index (χ3v) is 2.84. The summed E-state index contributed by atoms with van der Waals surface area (Å²) >= 11 is 5.91. The second-order valence-electron chi connectivity index (χ2n) is 4.08. The van der Waals surface area contributed by atoms with Crippen LogP contribution in [-0.4, -0.2) is 11.7 Å². The zero-order valence-electron chi connectivity index (χ0n) is 9.97. The highest BCUT2D eigenvalue weighted by Gasteiger charge is 1.97. The van der Waals surface area contributed by atoms with Crippen LogP contribution in [-0.2, 0) is 6.42 Å². The molecule has 2 aromatic rings. The molecular weight excluding hydrogens is 248 g/mol. The fourth-order valence-corrected chi connectivity index (χ4v) is 1.91. The number of hydrogen-bond donors (Lipinski definition) is 1. The van der Waals surface area contributed by atoms with Gasteiger partial charge in [-0.25, -0.2) is 0 Å². The molecule has 0 radical (unpaired) electrons. The van der Waals surface area contributed by atoms with Crippen LogP contribution in [0.15, 0.2) is 48.5 Å².